The van der Waals surface area contributed by atoms with Gasteiger partial charge in [-0.05, 0) is 36.2 Å². The van der Waals surface area contributed by atoms with E-state index in [9.17, 15) is 17.2 Å². The van der Waals surface area contributed by atoms with Gasteiger partial charge >= 0.3 is 6.61 Å². The first kappa shape index (κ1) is 24.2. The number of anilines is 2. The summed E-state index contributed by atoms with van der Waals surface area (Å²) < 4.78 is 59.6. The van der Waals surface area contributed by atoms with E-state index < -0.39 is 22.5 Å². The van der Waals surface area contributed by atoms with Gasteiger partial charge in [-0.15, -0.1) is 0 Å². The summed E-state index contributed by atoms with van der Waals surface area (Å²) in [6.07, 6.45) is 2.74. The molecule has 0 amide bonds. The minimum absolute atomic E-state index is 0.0796. The van der Waals surface area contributed by atoms with Crippen molar-refractivity contribution >= 4 is 21.3 Å². The van der Waals surface area contributed by atoms with Gasteiger partial charge in [0.15, 0.2) is 11.5 Å². The molecular formula is C23H25F2N3O4S. The van der Waals surface area contributed by atoms with E-state index in [-0.39, 0.29) is 23.9 Å². The number of alkyl halides is 2. The molecule has 33 heavy (non-hydrogen) atoms. The molecule has 3 rings (SSSR count). The third-order valence-electron chi connectivity index (χ3n) is 4.69. The molecule has 0 saturated heterocycles. The molecular weight excluding hydrogens is 452 g/mol. The highest BCUT2D eigenvalue weighted by Crippen LogP contribution is 2.34. The standard InChI is InChI=1S/C23H25F2N3O4S/c1-3-31-21-12-16(9-10-20(21)32-23(24)25)19(14-33(2,29)30)28-22-18(26)11-17(13-27-22)15-7-5-4-6-8-15/h4-13,19,23H,3,14,26H2,1-2H3,(H,27,28). The highest BCUT2D eigenvalue weighted by Gasteiger charge is 2.22. The lowest BCUT2D eigenvalue weighted by Crippen LogP contribution is -2.22. The summed E-state index contributed by atoms with van der Waals surface area (Å²) in [6.45, 7) is -1.11. The maximum absolute atomic E-state index is 12.7. The van der Waals surface area contributed by atoms with Crippen molar-refractivity contribution in [2.45, 2.75) is 19.6 Å². The van der Waals surface area contributed by atoms with Crippen LogP contribution in [0.2, 0.25) is 0 Å². The molecule has 0 spiro atoms. The van der Waals surface area contributed by atoms with E-state index in [0.29, 0.717) is 17.1 Å². The maximum atomic E-state index is 12.7. The van der Waals surface area contributed by atoms with Crippen LogP contribution in [0.1, 0.15) is 18.5 Å². The largest absolute Gasteiger partial charge is 0.490 e. The average molecular weight is 478 g/mol. The molecule has 176 valence electrons. The fourth-order valence-corrected chi connectivity index (χ4v) is 4.16. The van der Waals surface area contributed by atoms with Gasteiger partial charge in [0.25, 0.3) is 0 Å². The zero-order chi connectivity index (χ0) is 24.0. The Morgan fingerprint density at radius 2 is 1.79 bits per heavy atom. The van der Waals surface area contributed by atoms with Crippen LogP contribution in [-0.4, -0.2) is 38.6 Å². The monoisotopic (exact) mass is 477 g/mol. The molecule has 3 N–H and O–H groups in total. The van der Waals surface area contributed by atoms with E-state index in [4.69, 9.17) is 10.5 Å². The van der Waals surface area contributed by atoms with Crippen LogP contribution >= 0.6 is 0 Å². The number of aromatic nitrogens is 1. The van der Waals surface area contributed by atoms with Gasteiger partial charge in [-0.1, -0.05) is 36.4 Å². The molecule has 0 aliphatic carbocycles. The summed E-state index contributed by atoms with van der Waals surface area (Å²) in [4.78, 5) is 4.38. The fourth-order valence-electron chi connectivity index (χ4n) is 3.28. The first-order valence-corrected chi connectivity index (χ1v) is 12.2. The van der Waals surface area contributed by atoms with E-state index >= 15 is 0 Å². The smallest absolute Gasteiger partial charge is 0.387 e. The number of benzene rings is 2. The van der Waals surface area contributed by atoms with Gasteiger partial charge in [-0.3, -0.25) is 0 Å². The number of sulfone groups is 1. The summed E-state index contributed by atoms with van der Waals surface area (Å²) in [5, 5.41) is 3.07. The molecule has 3 aromatic rings. The molecule has 0 aliphatic heterocycles. The number of nitrogen functional groups attached to an aromatic ring is 1. The molecule has 1 unspecified atom stereocenters. The van der Waals surface area contributed by atoms with Gasteiger partial charge in [0.1, 0.15) is 15.7 Å². The Balaban J connectivity index is 1.95. The summed E-state index contributed by atoms with van der Waals surface area (Å²) in [7, 11) is -3.43. The predicted molar refractivity (Wildman–Crippen MR) is 124 cm³/mol. The van der Waals surface area contributed by atoms with Crippen LogP contribution in [0.3, 0.4) is 0 Å². The van der Waals surface area contributed by atoms with E-state index in [0.717, 1.165) is 17.4 Å². The SMILES string of the molecule is CCOc1cc(C(CS(C)(=O)=O)Nc2ncc(-c3ccccc3)cc2N)ccc1OC(F)F. The Morgan fingerprint density at radius 3 is 2.39 bits per heavy atom. The zero-order valence-corrected chi connectivity index (χ0v) is 19.0. The number of rotatable bonds is 10. The molecule has 1 atom stereocenters. The third kappa shape index (κ3) is 6.79. The quantitative estimate of drug-likeness (QED) is 0.442. The Kier molecular flexibility index (Phi) is 7.70. The molecule has 0 radical (unpaired) electrons. The van der Waals surface area contributed by atoms with Gasteiger partial charge in [0, 0.05) is 18.0 Å². The highest BCUT2D eigenvalue weighted by molar-refractivity contribution is 7.90. The highest BCUT2D eigenvalue weighted by atomic mass is 32.2. The average Bonchev–Trinajstić information content (AvgIpc) is 2.75. The topological polar surface area (TPSA) is 104 Å². The van der Waals surface area contributed by atoms with Crippen LogP contribution in [0.5, 0.6) is 11.5 Å². The van der Waals surface area contributed by atoms with Crippen molar-refractivity contribution in [2.75, 3.05) is 29.7 Å². The molecule has 7 nitrogen and oxygen atoms in total. The Morgan fingerprint density at radius 1 is 1.06 bits per heavy atom. The molecule has 0 bridgehead atoms. The van der Waals surface area contributed by atoms with Crippen molar-refractivity contribution in [3.8, 4) is 22.6 Å². The molecule has 1 heterocycles. The van der Waals surface area contributed by atoms with Gasteiger partial charge in [0.05, 0.1) is 24.1 Å². The van der Waals surface area contributed by atoms with Crippen molar-refractivity contribution in [1.29, 1.82) is 0 Å². The Hall–Kier alpha value is -3.40. The van der Waals surface area contributed by atoms with Crippen molar-refractivity contribution in [3.05, 3.63) is 66.4 Å². The second kappa shape index (κ2) is 10.5. The summed E-state index contributed by atoms with van der Waals surface area (Å²) in [5.41, 5.74) is 8.77. The maximum Gasteiger partial charge on any atom is 0.387 e. The lowest BCUT2D eigenvalue weighted by atomic mass is 10.1. The van der Waals surface area contributed by atoms with Crippen molar-refractivity contribution in [1.82, 2.24) is 4.98 Å². The molecule has 10 heteroatoms. The van der Waals surface area contributed by atoms with Gasteiger partial charge < -0.3 is 20.5 Å². The molecule has 0 fully saturated rings. The van der Waals surface area contributed by atoms with Crippen molar-refractivity contribution in [2.24, 2.45) is 0 Å². The van der Waals surface area contributed by atoms with Crippen LogP contribution < -0.4 is 20.5 Å². The molecule has 0 saturated carbocycles. The normalized spacial score (nSPS) is 12.4. The van der Waals surface area contributed by atoms with Crippen molar-refractivity contribution < 1.29 is 26.7 Å². The Bertz CT molecular complexity index is 1190. The molecule has 1 aromatic heterocycles. The summed E-state index contributed by atoms with van der Waals surface area (Å²) in [5.74, 6) is -0.0430. The second-order valence-electron chi connectivity index (χ2n) is 7.33. The van der Waals surface area contributed by atoms with Gasteiger partial charge in [-0.2, -0.15) is 8.78 Å². The number of nitrogens with two attached hydrogens (primary N) is 1. The summed E-state index contributed by atoms with van der Waals surface area (Å²) >= 11 is 0. The lowest BCUT2D eigenvalue weighted by molar-refractivity contribution is -0.0514. The number of halogens is 2. The van der Waals surface area contributed by atoms with Crippen LogP contribution in [-0.2, 0) is 9.84 Å². The first-order chi connectivity index (χ1) is 15.7. The molecule has 0 aliphatic rings. The number of pyridine rings is 1. The van der Waals surface area contributed by atoms with E-state index in [1.807, 2.05) is 30.3 Å². The minimum Gasteiger partial charge on any atom is -0.490 e. The number of hydrogen-bond acceptors (Lipinski definition) is 7. The minimum atomic E-state index is -3.43. The number of nitrogens with zero attached hydrogens (tertiary/aromatic N) is 1. The molecule has 2 aromatic carbocycles. The lowest BCUT2D eigenvalue weighted by Gasteiger charge is -2.22. The van der Waals surface area contributed by atoms with Crippen LogP contribution in [0.15, 0.2) is 60.8 Å². The first-order valence-electron chi connectivity index (χ1n) is 10.1. The zero-order valence-electron chi connectivity index (χ0n) is 18.2. The number of hydrogen-bond donors (Lipinski definition) is 2. The fraction of sp³-hybridized carbons (Fsp3) is 0.261. The van der Waals surface area contributed by atoms with Crippen LogP contribution in [0.4, 0.5) is 20.3 Å². The van der Waals surface area contributed by atoms with E-state index in [1.54, 1.807) is 19.2 Å². The van der Waals surface area contributed by atoms with E-state index in [2.05, 4.69) is 15.0 Å². The van der Waals surface area contributed by atoms with Gasteiger partial charge in [0.2, 0.25) is 0 Å². The van der Waals surface area contributed by atoms with Crippen LogP contribution in [0.25, 0.3) is 11.1 Å². The number of ether oxygens (including phenoxy) is 2. The van der Waals surface area contributed by atoms with Crippen molar-refractivity contribution in [3.63, 3.8) is 0 Å². The third-order valence-corrected chi connectivity index (χ3v) is 5.63. The summed E-state index contributed by atoms with van der Waals surface area (Å²) in [6, 6.07) is 14.8. The Labute approximate surface area is 191 Å². The number of nitrogens with one attached hydrogen (secondary N) is 1. The predicted octanol–water partition coefficient (Wildman–Crippen LogP) is 4.53. The second-order valence-corrected chi connectivity index (χ2v) is 9.52. The van der Waals surface area contributed by atoms with Gasteiger partial charge in [-0.25, -0.2) is 13.4 Å². The van der Waals surface area contributed by atoms with Crippen LogP contribution in [0, 0.1) is 0 Å². The van der Waals surface area contributed by atoms with E-state index in [1.165, 1.54) is 18.2 Å².